The van der Waals surface area contributed by atoms with Gasteiger partial charge in [-0.1, -0.05) is 0 Å². The van der Waals surface area contributed by atoms with Crippen LogP contribution in [0, 0.1) is 0 Å². The smallest absolute Gasteiger partial charge is 0.363 e. The van der Waals surface area contributed by atoms with Crippen molar-refractivity contribution in [2.75, 3.05) is 20.8 Å². The van der Waals surface area contributed by atoms with E-state index in [2.05, 4.69) is 4.99 Å². The van der Waals surface area contributed by atoms with Crippen molar-refractivity contribution < 1.29 is 33.3 Å². The molecule has 0 N–H and O–H groups in total. The Labute approximate surface area is 173 Å². The molecule has 0 radical (unpaired) electrons. The molecule has 1 heterocycles. The Hall–Kier alpha value is -3.81. The largest absolute Gasteiger partial charge is 0.494 e. The van der Waals surface area contributed by atoms with Gasteiger partial charge in [0, 0.05) is 12.5 Å². The van der Waals surface area contributed by atoms with E-state index in [-0.39, 0.29) is 28.8 Å². The third kappa shape index (κ3) is 4.60. The van der Waals surface area contributed by atoms with Crippen LogP contribution in [0.5, 0.6) is 23.0 Å². The first kappa shape index (κ1) is 20.9. The van der Waals surface area contributed by atoms with Gasteiger partial charge in [-0.3, -0.25) is 4.79 Å². The third-order valence-corrected chi connectivity index (χ3v) is 4.06. The Balaban J connectivity index is 1.93. The van der Waals surface area contributed by atoms with Gasteiger partial charge in [0.15, 0.2) is 17.2 Å². The first-order chi connectivity index (χ1) is 14.4. The second-order valence-corrected chi connectivity index (χ2v) is 6.14. The van der Waals surface area contributed by atoms with Gasteiger partial charge in [-0.25, -0.2) is 9.79 Å². The summed E-state index contributed by atoms with van der Waals surface area (Å²) in [7, 11) is 2.87. The van der Waals surface area contributed by atoms with Gasteiger partial charge in [-0.2, -0.15) is 0 Å². The number of methoxy groups -OCH3 is 2. The number of ether oxygens (including phenoxy) is 5. The lowest BCUT2D eigenvalue weighted by Gasteiger charge is -2.13. The molecule has 0 saturated heterocycles. The van der Waals surface area contributed by atoms with Crippen molar-refractivity contribution in [1.29, 1.82) is 0 Å². The standard InChI is InChI=1S/C22H21NO7/c1-5-28-16-8-6-15(7-9-16)21-23-17(22(25)30-21)10-14-11-18(26-3)20(29-13(2)24)19(12-14)27-4/h6-12H,5H2,1-4H3/b17-10-. The minimum atomic E-state index is -0.583. The highest BCUT2D eigenvalue weighted by Crippen LogP contribution is 2.39. The van der Waals surface area contributed by atoms with Crippen molar-refractivity contribution in [2.45, 2.75) is 13.8 Å². The van der Waals surface area contributed by atoms with E-state index in [0.29, 0.717) is 23.5 Å². The number of hydrogen-bond donors (Lipinski definition) is 0. The van der Waals surface area contributed by atoms with Crippen LogP contribution in [0.2, 0.25) is 0 Å². The van der Waals surface area contributed by atoms with Crippen LogP contribution in [-0.4, -0.2) is 38.7 Å². The Morgan fingerprint density at radius 2 is 1.73 bits per heavy atom. The van der Waals surface area contributed by atoms with E-state index >= 15 is 0 Å². The van der Waals surface area contributed by atoms with Crippen LogP contribution in [0.4, 0.5) is 0 Å². The zero-order chi connectivity index (χ0) is 21.7. The van der Waals surface area contributed by atoms with Gasteiger partial charge in [0.2, 0.25) is 11.6 Å². The number of nitrogens with zero attached hydrogens (tertiary/aromatic N) is 1. The molecule has 0 bridgehead atoms. The predicted octanol–water partition coefficient (Wildman–Crippen LogP) is 3.37. The number of benzene rings is 2. The van der Waals surface area contributed by atoms with Crippen LogP contribution in [0.25, 0.3) is 6.08 Å². The van der Waals surface area contributed by atoms with Crippen LogP contribution in [0.15, 0.2) is 47.1 Å². The first-order valence-electron chi connectivity index (χ1n) is 9.15. The van der Waals surface area contributed by atoms with E-state index in [0.717, 1.165) is 0 Å². The quantitative estimate of drug-likeness (QED) is 0.392. The van der Waals surface area contributed by atoms with Crippen LogP contribution in [0.1, 0.15) is 25.0 Å². The summed E-state index contributed by atoms with van der Waals surface area (Å²) >= 11 is 0. The summed E-state index contributed by atoms with van der Waals surface area (Å²) in [5.41, 5.74) is 1.32. The average Bonchev–Trinajstić information content (AvgIpc) is 3.09. The highest BCUT2D eigenvalue weighted by atomic mass is 16.6. The molecule has 2 aromatic rings. The molecule has 2 aromatic carbocycles. The van der Waals surface area contributed by atoms with E-state index in [1.165, 1.54) is 27.2 Å². The van der Waals surface area contributed by atoms with Gasteiger partial charge < -0.3 is 23.7 Å². The summed E-state index contributed by atoms with van der Waals surface area (Å²) < 4.78 is 26.5. The molecule has 0 saturated carbocycles. The van der Waals surface area contributed by atoms with Crippen LogP contribution < -0.4 is 18.9 Å². The van der Waals surface area contributed by atoms with Gasteiger partial charge in [0.05, 0.1) is 20.8 Å². The summed E-state index contributed by atoms with van der Waals surface area (Å²) in [6.45, 7) is 3.74. The fourth-order valence-corrected chi connectivity index (χ4v) is 2.78. The van der Waals surface area contributed by atoms with Crippen LogP contribution in [-0.2, 0) is 14.3 Å². The Kier molecular flexibility index (Phi) is 6.36. The van der Waals surface area contributed by atoms with Crippen molar-refractivity contribution in [3.63, 3.8) is 0 Å². The fraction of sp³-hybridized carbons (Fsp3) is 0.227. The number of carbonyl (C=O) groups excluding carboxylic acids is 2. The molecule has 0 aliphatic carbocycles. The zero-order valence-corrected chi connectivity index (χ0v) is 17.1. The lowest BCUT2D eigenvalue weighted by molar-refractivity contribution is -0.132. The summed E-state index contributed by atoms with van der Waals surface area (Å²) in [6.07, 6.45) is 1.53. The first-order valence-corrected chi connectivity index (χ1v) is 9.15. The minimum Gasteiger partial charge on any atom is -0.494 e. The summed E-state index contributed by atoms with van der Waals surface area (Å²) in [5.74, 6) is 0.528. The van der Waals surface area contributed by atoms with Gasteiger partial charge in [0.25, 0.3) is 0 Å². The molecule has 0 amide bonds. The monoisotopic (exact) mass is 411 g/mol. The molecule has 1 aliphatic rings. The highest BCUT2D eigenvalue weighted by molar-refractivity contribution is 6.12. The molecule has 8 heteroatoms. The van der Waals surface area contributed by atoms with Gasteiger partial charge in [-0.05, 0) is 55.0 Å². The van der Waals surface area contributed by atoms with Crippen molar-refractivity contribution in [2.24, 2.45) is 4.99 Å². The van der Waals surface area contributed by atoms with E-state index in [4.69, 9.17) is 23.7 Å². The molecule has 0 aromatic heterocycles. The Bertz CT molecular complexity index is 997. The van der Waals surface area contributed by atoms with Crippen LogP contribution >= 0.6 is 0 Å². The lowest BCUT2D eigenvalue weighted by atomic mass is 10.1. The maximum Gasteiger partial charge on any atom is 0.363 e. The topological polar surface area (TPSA) is 92.6 Å². The second kappa shape index (κ2) is 9.13. The van der Waals surface area contributed by atoms with Crippen LogP contribution in [0.3, 0.4) is 0 Å². The van der Waals surface area contributed by atoms with Crippen molar-refractivity contribution in [1.82, 2.24) is 0 Å². The molecule has 30 heavy (non-hydrogen) atoms. The number of carbonyl (C=O) groups is 2. The van der Waals surface area contributed by atoms with Crippen molar-refractivity contribution >= 4 is 23.9 Å². The number of esters is 2. The molecule has 0 spiro atoms. The molecule has 0 unspecified atom stereocenters. The normalized spacial score (nSPS) is 14.2. The van der Waals surface area contributed by atoms with E-state index in [1.807, 2.05) is 6.92 Å². The predicted molar refractivity (Wildman–Crippen MR) is 109 cm³/mol. The zero-order valence-electron chi connectivity index (χ0n) is 17.1. The van der Waals surface area contributed by atoms with E-state index in [1.54, 1.807) is 36.4 Å². The van der Waals surface area contributed by atoms with E-state index < -0.39 is 11.9 Å². The van der Waals surface area contributed by atoms with Gasteiger partial charge in [0.1, 0.15) is 5.75 Å². The SMILES string of the molecule is CCOc1ccc(C2=N/C(=C\c3cc(OC)c(OC(C)=O)c(OC)c3)C(=O)O2)cc1. The molecular formula is C22H21NO7. The van der Waals surface area contributed by atoms with Gasteiger partial charge in [-0.15, -0.1) is 0 Å². The molecule has 156 valence electrons. The van der Waals surface area contributed by atoms with Crippen molar-refractivity contribution in [3.05, 3.63) is 53.2 Å². The summed E-state index contributed by atoms with van der Waals surface area (Å²) in [6, 6.07) is 10.3. The molecule has 3 rings (SSSR count). The second-order valence-electron chi connectivity index (χ2n) is 6.14. The molecule has 0 atom stereocenters. The van der Waals surface area contributed by atoms with Gasteiger partial charge >= 0.3 is 11.9 Å². The summed E-state index contributed by atoms with van der Waals surface area (Å²) in [4.78, 5) is 27.9. The Morgan fingerprint density at radius 3 is 2.27 bits per heavy atom. The molecule has 8 nitrogen and oxygen atoms in total. The fourth-order valence-electron chi connectivity index (χ4n) is 2.78. The molecular weight excluding hydrogens is 390 g/mol. The maximum absolute atomic E-state index is 12.3. The average molecular weight is 411 g/mol. The maximum atomic E-state index is 12.3. The minimum absolute atomic E-state index is 0.114. The van der Waals surface area contributed by atoms with Crippen molar-refractivity contribution in [3.8, 4) is 23.0 Å². The molecule has 1 aliphatic heterocycles. The third-order valence-electron chi connectivity index (χ3n) is 4.06. The number of aliphatic imine (C=N–C) groups is 1. The van der Waals surface area contributed by atoms with E-state index in [9.17, 15) is 9.59 Å². The lowest BCUT2D eigenvalue weighted by Crippen LogP contribution is -2.06. The number of rotatable bonds is 7. The Morgan fingerprint density at radius 1 is 1.10 bits per heavy atom. The summed E-state index contributed by atoms with van der Waals surface area (Å²) in [5, 5.41) is 0. The number of cyclic esters (lactones) is 1. The number of hydrogen-bond acceptors (Lipinski definition) is 8. The highest BCUT2D eigenvalue weighted by Gasteiger charge is 2.25. The molecule has 0 fully saturated rings.